The van der Waals surface area contributed by atoms with Gasteiger partial charge in [0, 0.05) is 18.5 Å². The number of thiazole rings is 1. The van der Waals surface area contributed by atoms with E-state index in [-0.39, 0.29) is 10.7 Å². The Bertz CT molecular complexity index is 800. The van der Waals surface area contributed by atoms with Gasteiger partial charge in [0.05, 0.1) is 10.2 Å². The Labute approximate surface area is 166 Å². The second kappa shape index (κ2) is 10.2. The molecule has 1 aliphatic rings. The molecule has 1 aromatic heterocycles. The number of aromatic nitrogens is 1. The summed E-state index contributed by atoms with van der Waals surface area (Å²) in [6.45, 7) is 6.43. The topological polar surface area (TPSA) is 42.3 Å². The summed E-state index contributed by atoms with van der Waals surface area (Å²) in [4.78, 5) is 26.9. The maximum Gasteiger partial charge on any atom is 0.308 e. The summed E-state index contributed by atoms with van der Waals surface area (Å²) in [7, 11) is 0. The van der Waals surface area contributed by atoms with Crippen molar-refractivity contribution in [1.29, 1.82) is 0 Å². The Morgan fingerprint density at radius 3 is 2.41 bits per heavy atom. The number of likely N-dealkylation sites (tertiary alicyclic amines) is 1. The Morgan fingerprint density at radius 2 is 1.70 bits per heavy atom. The summed E-state index contributed by atoms with van der Waals surface area (Å²) < 4.78 is 2.81. The third-order valence-electron chi connectivity index (χ3n) is 5.62. The van der Waals surface area contributed by atoms with Crippen LogP contribution in [-0.4, -0.2) is 34.9 Å². The lowest BCUT2D eigenvalue weighted by molar-refractivity contribution is 0.0988. The fourth-order valence-electron chi connectivity index (χ4n) is 3.97. The van der Waals surface area contributed by atoms with E-state index in [9.17, 15) is 9.59 Å². The van der Waals surface area contributed by atoms with Crippen LogP contribution in [0.3, 0.4) is 0 Å². The molecule has 1 aliphatic heterocycles. The number of carbonyl (C=O) groups excluding carboxylic acids is 1. The highest BCUT2D eigenvalue weighted by Gasteiger charge is 2.11. The van der Waals surface area contributed by atoms with Gasteiger partial charge in [-0.2, -0.15) is 0 Å². The zero-order valence-corrected chi connectivity index (χ0v) is 17.4. The largest absolute Gasteiger partial charge is 0.308 e. The molecule has 2 aromatic rings. The van der Waals surface area contributed by atoms with E-state index in [1.54, 1.807) is 0 Å². The highest BCUT2D eigenvalue weighted by Crippen LogP contribution is 2.21. The molecule has 1 saturated heterocycles. The quantitative estimate of drug-likeness (QED) is 0.444. The molecule has 27 heavy (non-hydrogen) atoms. The number of benzene rings is 1. The predicted molar refractivity (Wildman–Crippen MR) is 114 cm³/mol. The first kappa shape index (κ1) is 20.3. The molecule has 0 amide bonds. The standard InChI is InChI=1S/C22H32N2O2S/c1-2-20(25)18-11-12-19-21(17-18)27-22(26)24(19)16-10-6-5-9-15-23-13-7-3-4-8-14-23/h11-12,17H,2-10,13-16H2,1H3. The normalized spacial score (nSPS) is 15.9. The molecule has 2 heterocycles. The lowest BCUT2D eigenvalue weighted by Gasteiger charge is -2.19. The maximum absolute atomic E-state index is 12.3. The molecule has 0 bridgehead atoms. The van der Waals surface area contributed by atoms with Crippen LogP contribution in [0.2, 0.25) is 0 Å². The van der Waals surface area contributed by atoms with Crippen LogP contribution < -0.4 is 4.87 Å². The van der Waals surface area contributed by atoms with Crippen molar-refractivity contribution in [2.75, 3.05) is 19.6 Å². The Balaban J connectivity index is 1.46. The van der Waals surface area contributed by atoms with Gasteiger partial charge in [0.2, 0.25) is 0 Å². The molecule has 1 aromatic carbocycles. The number of unbranched alkanes of at least 4 members (excludes halogenated alkanes) is 3. The summed E-state index contributed by atoms with van der Waals surface area (Å²) in [6, 6.07) is 5.68. The van der Waals surface area contributed by atoms with Crippen LogP contribution in [0.25, 0.3) is 10.2 Å². The van der Waals surface area contributed by atoms with Crippen molar-refractivity contribution in [1.82, 2.24) is 9.47 Å². The van der Waals surface area contributed by atoms with E-state index >= 15 is 0 Å². The number of aryl methyl sites for hydroxylation is 1. The molecule has 0 aliphatic carbocycles. The average Bonchev–Trinajstić information content (AvgIpc) is 2.84. The van der Waals surface area contributed by atoms with Gasteiger partial charge in [0.15, 0.2) is 5.78 Å². The van der Waals surface area contributed by atoms with Crippen LogP contribution in [0.15, 0.2) is 23.0 Å². The van der Waals surface area contributed by atoms with E-state index in [0.29, 0.717) is 12.0 Å². The highest BCUT2D eigenvalue weighted by atomic mass is 32.1. The minimum absolute atomic E-state index is 0.0932. The number of ketones is 1. The van der Waals surface area contributed by atoms with Crippen molar-refractivity contribution in [2.45, 2.75) is 71.3 Å². The smallest absolute Gasteiger partial charge is 0.303 e. The molecule has 3 rings (SSSR count). The lowest BCUT2D eigenvalue weighted by Crippen LogP contribution is -2.25. The maximum atomic E-state index is 12.3. The fourth-order valence-corrected chi connectivity index (χ4v) is 4.93. The molecular formula is C22H32N2O2S. The van der Waals surface area contributed by atoms with Gasteiger partial charge in [-0.25, -0.2) is 0 Å². The Morgan fingerprint density at radius 1 is 1.00 bits per heavy atom. The molecule has 148 valence electrons. The summed E-state index contributed by atoms with van der Waals surface area (Å²) >= 11 is 1.26. The first-order chi connectivity index (χ1) is 13.2. The lowest BCUT2D eigenvalue weighted by atomic mass is 10.1. The monoisotopic (exact) mass is 388 g/mol. The third-order valence-corrected chi connectivity index (χ3v) is 6.56. The molecular weight excluding hydrogens is 356 g/mol. The van der Waals surface area contributed by atoms with Crippen LogP contribution in [0.5, 0.6) is 0 Å². The average molecular weight is 389 g/mol. The van der Waals surface area contributed by atoms with Gasteiger partial charge >= 0.3 is 4.87 Å². The van der Waals surface area contributed by atoms with Crippen molar-refractivity contribution in [3.05, 3.63) is 33.4 Å². The minimum atomic E-state index is 0.0932. The second-order valence-corrected chi connectivity index (χ2v) is 8.64. The van der Waals surface area contributed by atoms with E-state index in [4.69, 9.17) is 0 Å². The van der Waals surface area contributed by atoms with Crippen molar-refractivity contribution >= 4 is 27.3 Å². The molecule has 0 N–H and O–H groups in total. The van der Waals surface area contributed by atoms with Crippen molar-refractivity contribution in [3.63, 3.8) is 0 Å². The van der Waals surface area contributed by atoms with Crippen LogP contribution >= 0.6 is 11.3 Å². The zero-order valence-electron chi connectivity index (χ0n) is 16.5. The second-order valence-electron chi connectivity index (χ2n) is 7.65. The number of Topliss-reactive ketones (excluding diaryl/α,β-unsaturated/α-hetero) is 1. The Hall–Kier alpha value is -1.46. The number of rotatable bonds is 9. The van der Waals surface area contributed by atoms with Crippen LogP contribution in [0.1, 0.15) is 75.1 Å². The third kappa shape index (κ3) is 5.52. The van der Waals surface area contributed by atoms with Gasteiger partial charge in [0.25, 0.3) is 0 Å². The van der Waals surface area contributed by atoms with E-state index in [0.717, 1.165) is 23.2 Å². The molecule has 5 heteroatoms. The van der Waals surface area contributed by atoms with E-state index in [1.165, 1.54) is 75.9 Å². The number of hydrogen-bond donors (Lipinski definition) is 0. The van der Waals surface area contributed by atoms with Gasteiger partial charge in [-0.3, -0.25) is 14.2 Å². The van der Waals surface area contributed by atoms with Gasteiger partial charge < -0.3 is 4.90 Å². The van der Waals surface area contributed by atoms with Crippen molar-refractivity contribution in [3.8, 4) is 0 Å². The summed E-state index contributed by atoms with van der Waals surface area (Å²) in [5.41, 5.74) is 1.69. The van der Waals surface area contributed by atoms with E-state index in [2.05, 4.69) is 4.90 Å². The molecule has 0 atom stereocenters. The van der Waals surface area contributed by atoms with Gasteiger partial charge in [-0.1, -0.05) is 43.9 Å². The van der Waals surface area contributed by atoms with Crippen LogP contribution in [-0.2, 0) is 6.54 Å². The number of nitrogens with zero attached hydrogens (tertiary/aromatic N) is 2. The number of carbonyl (C=O) groups is 1. The van der Waals surface area contributed by atoms with Gasteiger partial charge in [-0.05, 0) is 63.5 Å². The molecule has 1 fully saturated rings. The number of fused-ring (bicyclic) bond motifs is 1. The van der Waals surface area contributed by atoms with Gasteiger partial charge in [0.1, 0.15) is 0 Å². The van der Waals surface area contributed by atoms with Gasteiger partial charge in [-0.15, -0.1) is 0 Å². The van der Waals surface area contributed by atoms with E-state index < -0.39 is 0 Å². The summed E-state index contributed by atoms with van der Waals surface area (Å²) in [5, 5.41) is 0. The Kier molecular flexibility index (Phi) is 7.65. The van der Waals surface area contributed by atoms with Crippen molar-refractivity contribution < 1.29 is 4.79 Å². The minimum Gasteiger partial charge on any atom is -0.303 e. The fraction of sp³-hybridized carbons (Fsp3) is 0.636. The molecule has 0 unspecified atom stereocenters. The van der Waals surface area contributed by atoms with Crippen molar-refractivity contribution in [2.24, 2.45) is 0 Å². The zero-order chi connectivity index (χ0) is 19.1. The van der Waals surface area contributed by atoms with Crippen LogP contribution in [0, 0.1) is 0 Å². The highest BCUT2D eigenvalue weighted by molar-refractivity contribution is 7.16. The molecule has 4 nitrogen and oxygen atoms in total. The molecule has 0 radical (unpaired) electrons. The first-order valence-electron chi connectivity index (χ1n) is 10.6. The number of hydrogen-bond acceptors (Lipinski definition) is 4. The first-order valence-corrected chi connectivity index (χ1v) is 11.4. The SMILES string of the molecule is CCC(=O)c1ccc2c(c1)sc(=O)n2CCCCCCN1CCCCCC1. The predicted octanol–water partition coefficient (Wildman–Crippen LogP) is 5.09. The van der Waals surface area contributed by atoms with E-state index in [1.807, 2.05) is 29.7 Å². The molecule has 0 spiro atoms. The summed E-state index contributed by atoms with van der Waals surface area (Å²) in [5.74, 6) is 0.133. The van der Waals surface area contributed by atoms with Crippen LogP contribution in [0.4, 0.5) is 0 Å². The molecule has 0 saturated carbocycles. The summed E-state index contributed by atoms with van der Waals surface area (Å²) in [6.07, 6.45) is 10.7.